The molecule has 1 aliphatic heterocycles. The number of aromatic nitrogens is 3. The van der Waals surface area contributed by atoms with Gasteiger partial charge in [0.15, 0.2) is 17.5 Å². The number of aryl methyl sites for hydroxylation is 1. The molecule has 3 rings (SSSR count). The largest absolute Gasteiger partial charge is 0.486 e. The van der Waals surface area contributed by atoms with Crippen molar-refractivity contribution in [2.45, 2.75) is 39.8 Å². The molecule has 1 unspecified atom stereocenters. The fourth-order valence-electron chi connectivity index (χ4n) is 2.86. The fourth-order valence-corrected chi connectivity index (χ4v) is 2.86. The minimum absolute atomic E-state index is 0.0644. The van der Waals surface area contributed by atoms with Crippen molar-refractivity contribution in [3.05, 3.63) is 36.4 Å². The van der Waals surface area contributed by atoms with E-state index in [-0.39, 0.29) is 6.10 Å². The molecule has 0 radical (unpaired) electrons. The molecule has 1 aromatic heterocycles. The Morgan fingerprint density at radius 1 is 1.29 bits per heavy atom. The molecule has 2 heterocycles. The molecular weight excluding hydrogens is 356 g/mol. The van der Waals surface area contributed by atoms with Crippen LogP contribution >= 0.6 is 0 Å². The van der Waals surface area contributed by atoms with Gasteiger partial charge < -0.3 is 24.7 Å². The molecule has 0 saturated heterocycles. The average Bonchev–Trinajstić information content (AvgIpc) is 3.16. The van der Waals surface area contributed by atoms with Crippen LogP contribution < -0.4 is 20.1 Å². The van der Waals surface area contributed by atoms with Gasteiger partial charge in [-0.05, 0) is 18.1 Å². The van der Waals surface area contributed by atoms with E-state index in [4.69, 9.17) is 9.47 Å². The number of aliphatic imine (C=N–C) groups is 1. The molecule has 0 bridgehead atoms. The first-order valence-corrected chi connectivity index (χ1v) is 9.93. The third-order valence-corrected chi connectivity index (χ3v) is 4.34. The van der Waals surface area contributed by atoms with E-state index < -0.39 is 0 Å². The van der Waals surface area contributed by atoms with Crippen LogP contribution in [0.25, 0.3) is 0 Å². The van der Waals surface area contributed by atoms with E-state index in [1.165, 1.54) is 0 Å². The first-order chi connectivity index (χ1) is 13.7. The molecule has 2 N–H and O–H groups in total. The molecule has 0 spiro atoms. The van der Waals surface area contributed by atoms with Gasteiger partial charge in [-0.15, -0.1) is 10.2 Å². The van der Waals surface area contributed by atoms with Crippen molar-refractivity contribution in [3.8, 4) is 11.5 Å². The standard InChI is InChI=1S/C20H30N6O2/c1-4-19-25-24-14-26(19)10-9-21-20(22-11-15(2)3)23-12-16-13-27-17-7-5-6-8-18(17)28-16/h5-8,14-16H,4,9-13H2,1-3H3,(H2,21,22,23). The zero-order chi connectivity index (χ0) is 19.8. The van der Waals surface area contributed by atoms with E-state index in [9.17, 15) is 0 Å². The highest BCUT2D eigenvalue weighted by Crippen LogP contribution is 2.30. The Morgan fingerprint density at radius 2 is 2.11 bits per heavy atom. The zero-order valence-electron chi connectivity index (χ0n) is 16.9. The molecule has 0 fully saturated rings. The molecule has 0 saturated carbocycles. The summed E-state index contributed by atoms with van der Waals surface area (Å²) in [7, 11) is 0. The lowest BCUT2D eigenvalue weighted by Crippen LogP contribution is -2.46. The predicted molar refractivity (Wildman–Crippen MR) is 109 cm³/mol. The third kappa shape index (κ3) is 5.61. The van der Waals surface area contributed by atoms with Gasteiger partial charge in [-0.3, -0.25) is 4.99 Å². The molecule has 8 heteroatoms. The first kappa shape index (κ1) is 20.0. The summed E-state index contributed by atoms with van der Waals surface area (Å²) in [5, 5.41) is 14.9. The highest BCUT2D eigenvalue weighted by molar-refractivity contribution is 5.79. The highest BCUT2D eigenvalue weighted by atomic mass is 16.6. The molecule has 28 heavy (non-hydrogen) atoms. The lowest BCUT2D eigenvalue weighted by atomic mass is 10.2. The van der Waals surface area contributed by atoms with Gasteiger partial charge in [0.25, 0.3) is 0 Å². The first-order valence-electron chi connectivity index (χ1n) is 9.93. The molecule has 0 amide bonds. The summed E-state index contributed by atoms with van der Waals surface area (Å²) in [4.78, 5) is 4.67. The topological polar surface area (TPSA) is 85.6 Å². The van der Waals surface area contributed by atoms with Crippen LogP contribution in [-0.4, -0.2) is 53.1 Å². The Hall–Kier alpha value is -2.77. The van der Waals surface area contributed by atoms with Crippen molar-refractivity contribution in [1.82, 2.24) is 25.4 Å². The van der Waals surface area contributed by atoms with Gasteiger partial charge in [0.05, 0.1) is 6.54 Å². The molecule has 1 aromatic carbocycles. The number of hydrogen-bond acceptors (Lipinski definition) is 5. The van der Waals surface area contributed by atoms with Gasteiger partial charge in [0.2, 0.25) is 0 Å². The maximum atomic E-state index is 6.01. The van der Waals surface area contributed by atoms with Crippen LogP contribution in [0, 0.1) is 5.92 Å². The number of nitrogens with one attached hydrogen (secondary N) is 2. The molecule has 8 nitrogen and oxygen atoms in total. The second-order valence-corrected chi connectivity index (χ2v) is 7.18. The molecular formula is C20H30N6O2. The number of guanidine groups is 1. The van der Waals surface area contributed by atoms with Crippen molar-refractivity contribution in [3.63, 3.8) is 0 Å². The smallest absolute Gasteiger partial charge is 0.191 e. The van der Waals surface area contributed by atoms with Gasteiger partial charge in [0.1, 0.15) is 24.9 Å². The molecule has 2 aromatic rings. The molecule has 0 aliphatic carbocycles. The van der Waals surface area contributed by atoms with Crippen LogP contribution in [0.4, 0.5) is 0 Å². The molecule has 152 valence electrons. The molecule has 1 aliphatic rings. The number of ether oxygens (including phenoxy) is 2. The summed E-state index contributed by atoms with van der Waals surface area (Å²) in [6, 6.07) is 7.75. The zero-order valence-corrected chi connectivity index (χ0v) is 16.9. The van der Waals surface area contributed by atoms with Gasteiger partial charge in [0, 0.05) is 26.1 Å². The van der Waals surface area contributed by atoms with Crippen molar-refractivity contribution in [2.75, 3.05) is 26.2 Å². The van der Waals surface area contributed by atoms with Crippen molar-refractivity contribution in [2.24, 2.45) is 10.9 Å². The van der Waals surface area contributed by atoms with Crippen LogP contribution in [-0.2, 0) is 13.0 Å². The lowest BCUT2D eigenvalue weighted by molar-refractivity contribution is 0.0936. The Morgan fingerprint density at radius 3 is 2.89 bits per heavy atom. The monoisotopic (exact) mass is 386 g/mol. The van der Waals surface area contributed by atoms with Crippen LogP contribution in [0.15, 0.2) is 35.6 Å². The number of nitrogens with zero attached hydrogens (tertiary/aromatic N) is 4. The molecule has 1 atom stereocenters. The van der Waals surface area contributed by atoms with Gasteiger partial charge in [-0.1, -0.05) is 32.9 Å². The summed E-state index contributed by atoms with van der Waals surface area (Å²) < 4.78 is 13.8. The Kier molecular flexibility index (Phi) is 7.11. The normalized spacial score (nSPS) is 16.3. The van der Waals surface area contributed by atoms with Gasteiger partial charge >= 0.3 is 0 Å². The van der Waals surface area contributed by atoms with E-state index in [1.54, 1.807) is 6.33 Å². The third-order valence-electron chi connectivity index (χ3n) is 4.34. The Labute approximate surface area is 166 Å². The van der Waals surface area contributed by atoms with Crippen LogP contribution in [0.2, 0.25) is 0 Å². The van der Waals surface area contributed by atoms with Gasteiger partial charge in [-0.25, -0.2) is 0 Å². The van der Waals surface area contributed by atoms with Crippen LogP contribution in [0.3, 0.4) is 0 Å². The van der Waals surface area contributed by atoms with E-state index in [0.29, 0.717) is 19.1 Å². The number of benzene rings is 1. The fraction of sp³-hybridized carbons (Fsp3) is 0.550. The van der Waals surface area contributed by atoms with Crippen molar-refractivity contribution >= 4 is 5.96 Å². The second-order valence-electron chi connectivity index (χ2n) is 7.18. The maximum absolute atomic E-state index is 6.01. The highest BCUT2D eigenvalue weighted by Gasteiger charge is 2.20. The Balaban J connectivity index is 1.51. The lowest BCUT2D eigenvalue weighted by Gasteiger charge is -2.27. The SMILES string of the molecule is CCc1nncn1CCNC(=NCC(C)C)NCC1COc2ccccc2O1. The number of fused-ring (bicyclic) bond motifs is 1. The van der Waals surface area contributed by atoms with Gasteiger partial charge in [-0.2, -0.15) is 0 Å². The summed E-state index contributed by atoms with van der Waals surface area (Å²) in [6.45, 7) is 9.80. The Bertz CT molecular complexity index is 774. The predicted octanol–water partition coefficient (Wildman–Crippen LogP) is 1.87. The quantitative estimate of drug-likeness (QED) is 0.532. The van der Waals surface area contributed by atoms with Crippen molar-refractivity contribution in [1.29, 1.82) is 0 Å². The second kappa shape index (κ2) is 9.96. The number of rotatable bonds is 8. The number of para-hydroxylation sites is 2. The van der Waals surface area contributed by atoms with E-state index >= 15 is 0 Å². The summed E-state index contributed by atoms with van der Waals surface area (Å²) >= 11 is 0. The van der Waals surface area contributed by atoms with E-state index in [2.05, 4.69) is 51.2 Å². The van der Waals surface area contributed by atoms with E-state index in [0.717, 1.165) is 49.3 Å². The summed E-state index contributed by atoms with van der Waals surface area (Å²) in [6.07, 6.45) is 2.57. The van der Waals surface area contributed by atoms with Crippen LogP contribution in [0.1, 0.15) is 26.6 Å². The summed E-state index contributed by atoms with van der Waals surface area (Å²) in [5.74, 6) is 3.84. The maximum Gasteiger partial charge on any atom is 0.191 e. The number of hydrogen-bond donors (Lipinski definition) is 2. The van der Waals surface area contributed by atoms with E-state index in [1.807, 2.05) is 24.3 Å². The summed E-state index contributed by atoms with van der Waals surface area (Å²) in [5.41, 5.74) is 0. The van der Waals surface area contributed by atoms with Crippen molar-refractivity contribution < 1.29 is 9.47 Å². The minimum Gasteiger partial charge on any atom is -0.486 e. The average molecular weight is 387 g/mol. The van der Waals surface area contributed by atoms with Crippen LogP contribution in [0.5, 0.6) is 11.5 Å². The minimum atomic E-state index is -0.0644.